The molecule has 0 unspecified atom stereocenters. The molecule has 0 aliphatic heterocycles. The van der Waals surface area contributed by atoms with Gasteiger partial charge in [0, 0.05) is 5.10 Å². The van der Waals surface area contributed by atoms with Crippen molar-refractivity contribution in [3.63, 3.8) is 0 Å². The highest BCUT2D eigenvalue weighted by Gasteiger charge is 2.11. The summed E-state index contributed by atoms with van der Waals surface area (Å²) in [6.45, 7) is 3.89. The number of hydrogen-bond acceptors (Lipinski definition) is 5. The first-order chi connectivity index (χ1) is 10.5. The second kappa shape index (κ2) is 7.07. The van der Waals surface area contributed by atoms with Gasteiger partial charge in [-0.3, -0.25) is 0 Å². The largest absolute Gasteiger partial charge is 0.511 e. The summed E-state index contributed by atoms with van der Waals surface area (Å²) in [5.41, 5.74) is 5.91. The van der Waals surface area contributed by atoms with Crippen LogP contribution in [0.1, 0.15) is 11.1 Å². The zero-order chi connectivity index (χ0) is 15.9. The van der Waals surface area contributed by atoms with Gasteiger partial charge in [-0.15, -0.1) is 0 Å². The van der Waals surface area contributed by atoms with E-state index >= 15 is 0 Å². The SMILES string of the molecule is Cc1ccc(N=NC(=NNc2ccc(C)cc2)[N+](=O)[O-])cc1. The van der Waals surface area contributed by atoms with Gasteiger partial charge in [0.05, 0.1) is 10.8 Å². The van der Waals surface area contributed by atoms with Crippen LogP contribution in [0.2, 0.25) is 0 Å². The van der Waals surface area contributed by atoms with Gasteiger partial charge >= 0.3 is 5.96 Å². The van der Waals surface area contributed by atoms with Crippen LogP contribution in [0.3, 0.4) is 0 Å². The van der Waals surface area contributed by atoms with Crippen LogP contribution in [0.5, 0.6) is 0 Å². The topological polar surface area (TPSA) is 92.2 Å². The standard InChI is InChI=1S/C15H15N5O2/c1-11-3-7-13(8-4-11)16-18-15(20(21)22)19-17-14-9-5-12(2)6-10-14/h3-10,16H,1-2H3. The number of aryl methyl sites for hydroxylation is 2. The van der Waals surface area contributed by atoms with Gasteiger partial charge in [0.1, 0.15) is 5.69 Å². The van der Waals surface area contributed by atoms with Crippen molar-refractivity contribution in [2.45, 2.75) is 13.8 Å². The molecular weight excluding hydrogens is 282 g/mol. The van der Waals surface area contributed by atoms with Crippen LogP contribution in [-0.4, -0.2) is 10.9 Å². The first kappa shape index (κ1) is 15.3. The number of benzene rings is 2. The van der Waals surface area contributed by atoms with Crippen molar-refractivity contribution in [2.24, 2.45) is 15.3 Å². The molecule has 7 heteroatoms. The molecule has 1 N–H and O–H groups in total. The van der Waals surface area contributed by atoms with E-state index in [-0.39, 0.29) is 0 Å². The van der Waals surface area contributed by atoms with Gasteiger partial charge in [0.15, 0.2) is 0 Å². The maximum atomic E-state index is 10.9. The van der Waals surface area contributed by atoms with Gasteiger partial charge in [0.25, 0.3) is 0 Å². The summed E-state index contributed by atoms with van der Waals surface area (Å²) >= 11 is 0. The van der Waals surface area contributed by atoms with E-state index in [1.807, 2.05) is 38.1 Å². The number of rotatable bonds is 3. The summed E-state index contributed by atoms with van der Waals surface area (Å²) in [6.07, 6.45) is 0. The molecule has 0 bridgehead atoms. The normalized spacial score (nSPS) is 11.6. The lowest BCUT2D eigenvalue weighted by Gasteiger charge is -1.97. The number of azo groups is 1. The maximum absolute atomic E-state index is 10.9. The molecule has 22 heavy (non-hydrogen) atoms. The van der Waals surface area contributed by atoms with Crippen molar-refractivity contribution in [1.82, 2.24) is 0 Å². The Bertz CT molecular complexity index is 706. The summed E-state index contributed by atoms with van der Waals surface area (Å²) in [4.78, 5) is 10.2. The van der Waals surface area contributed by atoms with E-state index in [0.717, 1.165) is 11.1 Å². The van der Waals surface area contributed by atoms with E-state index in [0.29, 0.717) is 11.4 Å². The van der Waals surface area contributed by atoms with Crippen molar-refractivity contribution in [3.05, 3.63) is 69.8 Å². The van der Waals surface area contributed by atoms with E-state index in [1.54, 1.807) is 24.3 Å². The molecule has 0 radical (unpaired) electrons. The Balaban J connectivity index is 2.12. The average Bonchev–Trinajstić information content (AvgIpc) is 2.50. The molecule has 0 fully saturated rings. The second-order valence-electron chi connectivity index (χ2n) is 4.68. The quantitative estimate of drug-likeness (QED) is 0.304. The minimum Gasteiger partial charge on any atom is -0.390 e. The van der Waals surface area contributed by atoms with Crippen LogP contribution in [0.15, 0.2) is 63.9 Å². The molecule has 7 nitrogen and oxygen atoms in total. The van der Waals surface area contributed by atoms with Crippen LogP contribution < -0.4 is 5.43 Å². The highest BCUT2D eigenvalue weighted by atomic mass is 16.6. The van der Waals surface area contributed by atoms with E-state index in [9.17, 15) is 10.1 Å². The molecule has 0 saturated carbocycles. The third kappa shape index (κ3) is 4.48. The number of guanidine groups is 1. The second-order valence-corrected chi connectivity index (χ2v) is 4.68. The number of nitro groups is 1. The molecule has 2 rings (SSSR count). The summed E-state index contributed by atoms with van der Waals surface area (Å²) in [6, 6.07) is 14.4. The average molecular weight is 297 g/mol. The smallest absolute Gasteiger partial charge is 0.390 e. The van der Waals surface area contributed by atoms with Crippen molar-refractivity contribution < 1.29 is 4.92 Å². The fourth-order valence-electron chi connectivity index (χ4n) is 1.56. The molecule has 0 saturated heterocycles. The number of nitrogens with zero attached hydrogens (tertiary/aromatic N) is 4. The third-order valence-electron chi connectivity index (χ3n) is 2.79. The van der Waals surface area contributed by atoms with Gasteiger partial charge in [-0.1, -0.05) is 40.5 Å². The number of anilines is 1. The minimum atomic E-state index is -0.696. The summed E-state index contributed by atoms with van der Waals surface area (Å²) in [7, 11) is 0. The first-order valence-corrected chi connectivity index (χ1v) is 6.58. The Morgan fingerprint density at radius 3 is 2.09 bits per heavy atom. The van der Waals surface area contributed by atoms with Crippen LogP contribution in [0.25, 0.3) is 0 Å². The number of nitrogens with one attached hydrogen (secondary N) is 1. The van der Waals surface area contributed by atoms with Crippen LogP contribution in [0.4, 0.5) is 11.4 Å². The molecule has 0 aromatic heterocycles. The Labute approximate surface area is 127 Å². The lowest BCUT2D eigenvalue weighted by molar-refractivity contribution is -0.352. The monoisotopic (exact) mass is 297 g/mol. The van der Waals surface area contributed by atoms with Crippen LogP contribution in [-0.2, 0) is 0 Å². The molecule has 0 heterocycles. The van der Waals surface area contributed by atoms with Crippen LogP contribution >= 0.6 is 0 Å². The lowest BCUT2D eigenvalue weighted by Crippen LogP contribution is -2.10. The third-order valence-corrected chi connectivity index (χ3v) is 2.79. The summed E-state index contributed by atoms with van der Waals surface area (Å²) in [5, 5.41) is 22.0. The molecule has 2 aromatic carbocycles. The molecule has 0 aliphatic carbocycles. The molecule has 0 aliphatic rings. The van der Waals surface area contributed by atoms with Crippen molar-refractivity contribution in [1.29, 1.82) is 0 Å². The van der Waals surface area contributed by atoms with E-state index in [4.69, 9.17) is 0 Å². The number of hydrazone groups is 1. The van der Waals surface area contributed by atoms with Crippen molar-refractivity contribution in [2.75, 3.05) is 5.43 Å². The fourth-order valence-corrected chi connectivity index (χ4v) is 1.56. The zero-order valence-corrected chi connectivity index (χ0v) is 12.2. The fraction of sp³-hybridized carbons (Fsp3) is 0.133. The van der Waals surface area contributed by atoms with Gasteiger partial charge in [-0.25, -0.2) is 5.43 Å². The molecule has 0 atom stereocenters. The first-order valence-electron chi connectivity index (χ1n) is 6.58. The molecular formula is C15H15N5O2. The Kier molecular flexibility index (Phi) is 4.92. The Hall–Kier alpha value is -3.09. The van der Waals surface area contributed by atoms with E-state index < -0.39 is 10.9 Å². The molecule has 2 aromatic rings. The highest BCUT2D eigenvalue weighted by Crippen LogP contribution is 2.13. The Morgan fingerprint density at radius 1 is 1.00 bits per heavy atom. The van der Waals surface area contributed by atoms with Gasteiger partial charge in [0.2, 0.25) is 0 Å². The van der Waals surface area contributed by atoms with Crippen LogP contribution in [0, 0.1) is 24.0 Å². The molecule has 0 amide bonds. The van der Waals surface area contributed by atoms with Gasteiger partial charge in [-0.2, -0.15) is 0 Å². The molecule has 0 spiro atoms. The minimum absolute atomic E-state index is 0.524. The van der Waals surface area contributed by atoms with Gasteiger partial charge in [-0.05, 0) is 43.0 Å². The maximum Gasteiger partial charge on any atom is 0.511 e. The van der Waals surface area contributed by atoms with E-state index in [1.165, 1.54) is 0 Å². The van der Waals surface area contributed by atoms with Crippen molar-refractivity contribution >= 4 is 17.3 Å². The predicted molar refractivity (Wildman–Crippen MR) is 84.9 cm³/mol. The summed E-state index contributed by atoms with van der Waals surface area (Å²) < 4.78 is 0. The number of hydrogen-bond donors (Lipinski definition) is 1. The Morgan fingerprint density at radius 2 is 1.55 bits per heavy atom. The van der Waals surface area contributed by atoms with Crippen molar-refractivity contribution in [3.8, 4) is 0 Å². The zero-order valence-electron chi connectivity index (χ0n) is 12.2. The van der Waals surface area contributed by atoms with E-state index in [2.05, 4.69) is 20.8 Å². The highest BCUT2D eigenvalue weighted by molar-refractivity contribution is 5.73. The summed E-state index contributed by atoms with van der Waals surface area (Å²) in [5.74, 6) is -0.610. The molecule has 112 valence electrons. The predicted octanol–water partition coefficient (Wildman–Crippen LogP) is 4.05. The van der Waals surface area contributed by atoms with Gasteiger partial charge < -0.3 is 10.1 Å². The lowest BCUT2D eigenvalue weighted by atomic mass is 10.2.